The maximum atomic E-state index is 11.9. The zero-order chi connectivity index (χ0) is 15.0. The Labute approximate surface area is 123 Å². The molecule has 0 aliphatic rings. The van der Waals surface area contributed by atoms with E-state index in [1.165, 1.54) is 5.56 Å². The molecule has 112 valence electrons. The third-order valence-electron chi connectivity index (χ3n) is 3.47. The number of ether oxygens (including phenoxy) is 1. The van der Waals surface area contributed by atoms with E-state index in [1.807, 2.05) is 6.92 Å². The second-order valence-electron chi connectivity index (χ2n) is 5.94. The second-order valence-corrected chi connectivity index (χ2v) is 5.94. The quantitative estimate of drug-likeness (QED) is 0.507. The molecule has 0 heterocycles. The van der Waals surface area contributed by atoms with Gasteiger partial charge in [-0.3, -0.25) is 4.79 Å². The Morgan fingerprint density at radius 1 is 1.10 bits per heavy atom. The van der Waals surface area contributed by atoms with Crippen molar-refractivity contribution in [3.8, 4) is 0 Å². The SMILES string of the molecule is CCCCCOC(=O)[C@H](C)c1ccc(CC(C)C)cc1. The van der Waals surface area contributed by atoms with Crippen LogP contribution in [0.25, 0.3) is 0 Å². The molecule has 1 atom stereocenters. The molecule has 0 bridgehead atoms. The third-order valence-corrected chi connectivity index (χ3v) is 3.47. The summed E-state index contributed by atoms with van der Waals surface area (Å²) in [6.45, 7) is 9.03. The van der Waals surface area contributed by atoms with Crippen molar-refractivity contribution < 1.29 is 9.53 Å². The summed E-state index contributed by atoms with van der Waals surface area (Å²) >= 11 is 0. The van der Waals surface area contributed by atoms with Crippen LogP contribution in [0.2, 0.25) is 0 Å². The fourth-order valence-corrected chi connectivity index (χ4v) is 2.20. The van der Waals surface area contributed by atoms with Crippen LogP contribution in [-0.2, 0) is 16.0 Å². The molecule has 0 aliphatic carbocycles. The molecule has 0 fully saturated rings. The van der Waals surface area contributed by atoms with Crippen LogP contribution in [0.4, 0.5) is 0 Å². The van der Waals surface area contributed by atoms with Gasteiger partial charge >= 0.3 is 5.97 Å². The molecule has 0 aromatic heterocycles. The molecule has 0 unspecified atom stereocenters. The normalized spacial score (nSPS) is 12.4. The summed E-state index contributed by atoms with van der Waals surface area (Å²) < 4.78 is 5.32. The number of hydrogen-bond donors (Lipinski definition) is 0. The highest BCUT2D eigenvalue weighted by molar-refractivity contribution is 5.77. The Kier molecular flexibility index (Phi) is 7.35. The van der Waals surface area contributed by atoms with Crippen molar-refractivity contribution in [1.29, 1.82) is 0 Å². The van der Waals surface area contributed by atoms with Gasteiger partial charge in [0.25, 0.3) is 0 Å². The summed E-state index contributed by atoms with van der Waals surface area (Å²) in [5, 5.41) is 0. The fourth-order valence-electron chi connectivity index (χ4n) is 2.20. The van der Waals surface area contributed by atoms with Gasteiger partial charge in [0.05, 0.1) is 12.5 Å². The number of carbonyl (C=O) groups excluding carboxylic acids is 1. The Hall–Kier alpha value is -1.31. The Morgan fingerprint density at radius 2 is 1.75 bits per heavy atom. The molecule has 20 heavy (non-hydrogen) atoms. The summed E-state index contributed by atoms with van der Waals surface area (Å²) in [6.07, 6.45) is 4.30. The van der Waals surface area contributed by atoms with Crippen LogP contribution >= 0.6 is 0 Å². The van der Waals surface area contributed by atoms with Gasteiger partial charge < -0.3 is 4.74 Å². The molecule has 0 amide bonds. The van der Waals surface area contributed by atoms with E-state index >= 15 is 0 Å². The minimum Gasteiger partial charge on any atom is -0.465 e. The van der Waals surface area contributed by atoms with Gasteiger partial charge in [0.1, 0.15) is 0 Å². The second kappa shape index (κ2) is 8.78. The first kappa shape index (κ1) is 16.7. The number of rotatable bonds is 8. The summed E-state index contributed by atoms with van der Waals surface area (Å²) in [5.74, 6) is 0.365. The van der Waals surface area contributed by atoms with Crippen molar-refractivity contribution in [2.24, 2.45) is 5.92 Å². The lowest BCUT2D eigenvalue weighted by atomic mass is 9.97. The van der Waals surface area contributed by atoms with Crippen molar-refractivity contribution in [2.45, 2.75) is 59.3 Å². The Morgan fingerprint density at radius 3 is 2.30 bits per heavy atom. The molecule has 1 aromatic carbocycles. The molecule has 0 N–H and O–H groups in total. The molecule has 0 aliphatic heterocycles. The summed E-state index contributed by atoms with van der Waals surface area (Å²) in [4.78, 5) is 11.9. The first-order valence-corrected chi connectivity index (χ1v) is 7.80. The summed E-state index contributed by atoms with van der Waals surface area (Å²) in [6, 6.07) is 8.34. The van der Waals surface area contributed by atoms with Crippen molar-refractivity contribution in [3.63, 3.8) is 0 Å². The molecule has 1 rings (SSSR count). The lowest BCUT2D eigenvalue weighted by molar-refractivity contribution is -0.145. The van der Waals surface area contributed by atoms with E-state index in [0.717, 1.165) is 31.2 Å². The molecule has 2 nitrogen and oxygen atoms in total. The zero-order valence-electron chi connectivity index (χ0n) is 13.3. The summed E-state index contributed by atoms with van der Waals surface area (Å²) in [5.41, 5.74) is 2.37. The van der Waals surface area contributed by atoms with E-state index < -0.39 is 0 Å². The molecule has 0 spiro atoms. The standard InChI is InChI=1S/C18H28O2/c1-5-6-7-12-20-18(19)15(4)17-10-8-16(9-11-17)13-14(2)3/h8-11,14-15H,5-7,12-13H2,1-4H3/t15-/m1/s1. The van der Waals surface area contributed by atoms with Gasteiger partial charge in [-0.05, 0) is 36.8 Å². The average molecular weight is 276 g/mol. The van der Waals surface area contributed by atoms with Crippen molar-refractivity contribution in [3.05, 3.63) is 35.4 Å². The first-order chi connectivity index (χ1) is 9.54. The molecule has 0 saturated heterocycles. The van der Waals surface area contributed by atoms with E-state index in [9.17, 15) is 4.79 Å². The van der Waals surface area contributed by atoms with Gasteiger partial charge in [0.15, 0.2) is 0 Å². The highest BCUT2D eigenvalue weighted by Crippen LogP contribution is 2.19. The molecule has 2 heteroatoms. The number of unbranched alkanes of at least 4 members (excludes halogenated alkanes) is 2. The topological polar surface area (TPSA) is 26.3 Å². The lowest BCUT2D eigenvalue weighted by Crippen LogP contribution is -2.14. The number of esters is 1. The third kappa shape index (κ3) is 5.77. The highest BCUT2D eigenvalue weighted by Gasteiger charge is 2.16. The molecule has 0 radical (unpaired) electrons. The minimum absolute atomic E-state index is 0.113. The van der Waals surface area contributed by atoms with Crippen LogP contribution in [0.3, 0.4) is 0 Å². The van der Waals surface area contributed by atoms with Crippen LogP contribution in [0.1, 0.15) is 64.0 Å². The fraction of sp³-hybridized carbons (Fsp3) is 0.611. The molecular weight excluding hydrogens is 248 g/mol. The number of carbonyl (C=O) groups is 1. The summed E-state index contributed by atoms with van der Waals surface area (Å²) in [7, 11) is 0. The molecule has 1 aromatic rings. The van der Waals surface area contributed by atoms with Gasteiger partial charge in [-0.2, -0.15) is 0 Å². The van der Waals surface area contributed by atoms with Crippen LogP contribution in [0.15, 0.2) is 24.3 Å². The Bertz CT molecular complexity index is 392. The van der Waals surface area contributed by atoms with Gasteiger partial charge in [-0.1, -0.05) is 57.9 Å². The number of hydrogen-bond acceptors (Lipinski definition) is 2. The molecular formula is C18H28O2. The predicted molar refractivity (Wildman–Crippen MR) is 83.9 cm³/mol. The zero-order valence-corrected chi connectivity index (χ0v) is 13.3. The molecule has 0 saturated carbocycles. The first-order valence-electron chi connectivity index (χ1n) is 7.80. The average Bonchev–Trinajstić information content (AvgIpc) is 2.43. The van der Waals surface area contributed by atoms with E-state index in [4.69, 9.17) is 4.74 Å². The van der Waals surface area contributed by atoms with Crippen LogP contribution in [0, 0.1) is 5.92 Å². The van der Waals surface area contributed by atoms with E-state index in [2.05, 4.69) is 45.0 Å². The van der Waals surface area contributed by atoms with E-state index in [-0.39, 0.29) is 11.9 Å². The van der Waals surface area contributed by atoms with E-state index in [1.54, 1.807) is 0 Å². The van der Waals surface area contributed by atoms with E-state index in [0.29, 0.717) is 12.5 Å². The highest BCUT2D eigenvalue weighted by atomic mass is 16.5. The van der Waals surface area contributed by atoms with Gasteiger partial charge in [-0.15, -0.1) is 0 Å². The maximum Gasteiger partial charge on any atom is 0.313 e. The van der Waals surface area contributed by atoms with Gasteiger partial charge in [0, 0.05) is 0 Å². The van der Waals surface area contributed by atoms with Gasteiger partial charge in [0.2, 0.25) is 0 Å². The monoisotopic (exact) mass is 276 g/mol. The number of benzene rings is 1. The maximum absolute atomic E-state index is 11.9. The largest absolute Gasteiger partial charge is 0.465 e. The van der Waals surface area contributed by atoms with Gasteiger partial charge in [-0.25, -0.2) is 0 Å². The van der Waals surface area contributed by atoms with Crippen LogP contribution in [-0.4, -0.2) is 12.6 Å². The van der Waals surface area contributed by atoms with Crippen LogP contribution in [0.5, 0.6) is 0 Å². The Balaban J connectivity index is 2.49. The van der Waals surface area contributed by atoms with Crippen molar-refractivity contribution in [1.82, 2.24) is 0 Å². The minimum atomic E-state index is -0.176. The van der Waals surface area contributed by atoms with Crippen molar-refractivity contribution >= 4 is 5.97 Å². The predicted octanol–water partition coefficient (Wildman–Crippen LogP) is 4.72. The lowest BCUT2D eigenvalue weighted by Gasteiger charge is -2.13. The van der Waals surface area contributed by atoms with Crippen LogP contribution < -0.4 is 0 Å². The smallest absolute Gasteiger partial charge is 0.313 e. The van der Waals surface area contributed by atoms with Crippen molar-refractivity contribution in [2.75, 3.05) is 6.61 Å².